The van der Waals surface area contributed by atoms with E-state index in [0.29, 0.717) is 0 Å². The van der Waals surface area contributed by atoms with Gasteiger partial charge in [0.25, 0.3) is 0 Å². The van der Waals surface area contributed by atoms with Crippen LogP contribution in [0.3, 0.4) is 0 Å². The zero-order chi connectivity index (χ0) is 12.5. The highest BCUT2D eigenvalue weighted by molar-refractivity contribution is 5.48. The van der Waals surface area contributed by atoms with E-state index in [-0.39, 0.29) is 11.0 Å². The molecule has 0 heterocycles. The number of rotatable bonds is 3. The van der Waals surface area contributed by atoms with Gasteiger partial charge in [0.05, 0.1) is 0 Å². The van der Waals surface area contributed by atoms with Crippen LogP contribution < -0.4 is 4.74 Å². The van der Waals surface area contributed by atoms with E-state index in [1.54, 1.807) is 0 Å². The maximum absolute atomic E-state index is 6.24. The highest BCUT2D eigenvalue weighted by atomic mass is 16.5. The Bertz CT molecular complexity index is 402. The first-order chi connectivity index (χ1) is 7.97. The van der Waals surface area contributed by atoms with Crippen LogP contribution in [-0.2, 0) is 0 Å². The van der Waals surface area contributed by atoms with Crippen molar-refractivity contribution < 1.29 is 4.74 Å². The van der Waals surface area contributed by atoms with E-state index < -0.39 is 0 Å². The number of hydrogen-bond acceptors (Lipinski definition) is 1. The molecule has 0 saturated heterocycles. The summed E-state index contributed by atoms with van der Waals surface area (Å²) >= 11 is 0. The molecule has 17 heavy (non-hydrogen) atoms. The minimum Gasteiger partial charge on any atom is -0.487 e. The Morgan fingerprint density at radius 1 is 1.12 bits per heavy atom. The van der Waals surface area contributed by atoms with E-state index in [0.717, 1.165) is 17.7 Å². The third kappa shape index (κ3) is 2.24. The molecule has 1 atom stereocenters. The normalized spacial score (nSPS) is 26.8. The maximum atomic E-state index is 6.24. The molecule has 0 N–H and O–H groups in total. The van der Waals surface area contributed by atoms with E-state index >= 15 is 0 Å². The summed E-state index contributed by atoms with van der Waals surface area (Å²) in [4.78, 5) is 0. The first-order valence-corrected chi connectivity index (χ1v) is 6.38. The zero-order valence-electron chi connectivity index (χ0n) is 11.1. The second-order valence-electron chi connectivity index (χ2n) is 5.84. The molecule has 0 aromatic heterocycles. The lowest BCUT2D eigenvalue weighted by Crippen LogP contribution is -2.42. The molecule has 1 heteroatoms. The van der Waals surface area contributed by atoms with Crippen molar-refractivity contribution in [1.82, 2.24) is 0 Å². The average molecular weight is 230 g/mol. The summed E-state index contributed by atoms with van der Waals surface area (Å²) in [6.45, 7) is 10.6. The lowest BCUT2D eigenvalue weighted by atomic mass is 9.79. The van der Waals surface area contributed by atoms with E-state index in [9.17, 15) is 0 Å². The fraction of sp³-hybridized carbons (Fsp3) is 0.500. The van der Waals surface area contributed by atoms with Crippen molar-refractivity contribution in [3.8, 4) is 5.75 Å². The molecular formula is C16H22O. The van der Waals surface area contributed by atoms with Crippen LogP contribution in [0.1, 0.15) is 45.6 Å². The van der Waals surface area contributed by atoms with Crippen LogP contribution in [0.4, 0.5) is 0 Å². The van der Waals surface area contributed by atoms with E-state index in [1.807, 2.05) is 30.3 Å². The molecule has 0 amide bonds. The summed E-state index contributed by atoms with van der Waals surface area (Å²) in [7, 11) is 0. The summed E-state index contributed by atoms with van der Waals surface area (Å²) in [5, 5.41) is 0. The summed E-state index contributed by atoms with van der Waals surface area (Å²) in [5.74, 6) is 0.966. The monoisotopic (exact) mass is 230 g/mol. The van der Waals surface area contributed by atoms with Gasteiger partial charge in [0, 0.05) is 5.41 Å². The van der Waals surface area contributed by atoms with Gasteiger partial charge in [-0.1, -0.05) is 38.6 Å². The van der Waals surface area contributed by atoms with Gasteiger partial charge in [-0.3, -0.25) is 0 Å². The van der Waals surface area contributed by atoms with Crippen LogP contribution in [0.2, 0.25) is 0 Å². The van der Waals surface area contributed by atoms with E-state index in [2.05, 4.69) is 27.4 Å². The molecule has 0 spiro atoms. The van der Waals surface area contributed by atoms with E-state index in [1.165, 1.54) is 12.8 Å². The Labute approximate surface area is 104 Å². The van der Waals surface area contributed by atoms with Crippen LogP contribution in [-0.4, -0.2) is 5.60 Å². The predicted octanol–water partition coefficient (Wildman–Crippen LogP) is 4.68. The van der Waals surface area contributed by atoms with Gasteiger partial charge in [0.1, 0.15) is 11.4 Å². The van der Waals surface area contributed by atoms with Crippen LogP contribution >= 0.6 is 0 Å². The Hall–Kier alpha value is -1.24. The molecule has 0 bridgehead atoms. The molecule has 1 nitrogen and oxygen atoms in total. The van der Waals surface area contributed by atoms with Crippen molar-refractivity contribution in [2.45, 2.75) is 45.6 Å². The zero-order valence-corrected chi connectivity index (χ0v) is 11.1. The van der Waals surface area contributed by atoms with Crippen molar-refractivity contribution in [2.24, 2.45) is 5.41 Å². The van der Waals surface area contributed by atoms with Crippen molar-refractivity contribution in [2.75, 3.05) is 0 Å². The molecule has 2 rings (SSSR count). The first kappa shape index (κ1) is 12.2. The molecule has 1 aromatic rings. The summed E-state index contributed by atoms with van der Waals surface area (Å²) < 4.78 is 6.24. The molecule has 1 saturated carbocycles. The standard InChI is InChI=1S/C16H22O/c1-5-13-7-9-14(10-8-13)17-16(4)12-6-11-15(16,2)3/h5,7-10H,1,6,11-12H2,2-4H3. The molecule has 1 aliphatic carbocycles. The van der Waals surface area contributed by atoms with Gasteiger partial charge in [-0.25, -0.2) is 0 Å². The van der Waals surface area contributed by atoms with Crippen LogP contribution in [0, 0.1) is 5.41 Å². The van der Waals surface area contributed by atoms with Crippen LogP contribution in [0.25, 0.3) is 6.08 Å². The van der Waals surface area contributed by atoms with Crippen molar-refractivity contribution in [3.05, 3.63) is 36.4 Å². The lowest BCUT2D eigenvalue weighted by Gasteiger charge is -2.38. The van der Waals surface area contributed by atoms with Gasteiger partial charge in [0.15, 0.2) is 0 Å². The average Bonchev–Trinajstić information content (AvgIpc) is 2.54. The quantitative estimate of drug-likeness (QED) is 0.732. The number of ether oxygens (including phenoxy) is 1. The maximum Gasteiger partial charge on any atom is 0.120 e. The Kier molecular flexibility index (Phi) is 3.03. The fourth-order valence-electron chi connectivity index (χ4n) is 2.59. The van der Waals surface area contributed by atoms with Crippen molar-refractivity contribution >= 4 is 6.08 Å². The molecule has 0 radical (unpaired) electrons. The molecule has 1 aromatic carbocycles. The van der Waals surface area contributed by atoms with Crippen LogP contribution in [0.15, 0.2) is 30.8 Å². The highest BCUT2D eigenvalue weighted by Crippen LogP contribution is 2.48. The van der Waals surface area contributed by atoms with Crippen LogP contribution in [0.5, 0.6) is 5.75 Å². The lowest BCUT2D eigenvalue weighted by molar-refractivity contribution is -0.000201. The van der Waals surface area contributed by atoms with Gasteiger partial charge < -0.3 is 4.74 Å². The predicted molar refractivity (Wildman–Crippen MR) is 73.2 cm³/mol. The molecular weight excluding hydrogens is 208 g/mol. The topological polar surface area (TPSA) is 9.23 Å². The number of benzene rings is 1. The van der Waals surface area contributed by atoms with E-state index in [4.69, 9.17) is 4.74 Å². The minimum atomic E-state index is -0.0390. The molecule has 1 unspecified atom stereocenters. The van der Waals surface area contributed by atoms with Gasteiger partial charge in [0.2, 0.25) is 0 Å². The van der Waals surface area contributed by atoms with Crippen molar-refractivity contribution in [3.63, 3.8) is 0 Å². The second-order valence-corrected chi connectivity index (χ2v) is 5.84. The van der Waals surface area contributed by atoms with Gasteiger partial charge in [-0.15, -0.1) is 0 Å². The smallest absolute Gasteiger partial charge is 0.120 e. The molecule has 1 aliphatic rings. The molecule has 92 valence electrons. The summed E-state index contributed by atoms with van der Waals surface area (Å²) in [6.07, 6.45) is 5.50. The Balaban J connectivity index is 2.17. The van der Waals surface area contributed by atoms with Gasteiger partial charge in [-0.2, -0.15) is 0 Å². The SMILES string of the molecule is C=Cc1ccc(OC2(C)CCCC2(C)C)cc1. The molecule has 0 aliphatic heterocycles. The summed E-state index contributed by atoms with van der Waals surface area (Å²) in [6, 6.07) is 8.18. The Morgan fingerprint density at radius 2 is 1.76 bits per heavy atom. The largest absolute Gasteiger partial charge is 0.487 e. The fourth-order valence-corrected chi connectivity index (χ4v) is 2.59. The highest BCUT2D eigenvalue weighted by Gasteiger charge is 2.47. The third-order valence-corrected chi connectivity index (χ3v) is 4.35. The second kappa shape index (κ2) is 4.21. The first-order valence-electron chi connectivity index (χ1n) is 6.38. The van der Waals surface area contributed by atoms with Gasteiger partial charge in [-0.05, 0) is 43.9 Å². The Morgan fingerprint density at radius 3 is 2.24 bits per heavy atom. The number of hydrogen-bond donors (Lipinski definition) is 0. The summed E-state index contributed by atoms with van der Waals surface area (Å²) in [5.41, 5.74) is 1.35. The minimum absolute atomic E-state index is 0.0390. The van der Waals surface area contributed by atoms with Gasteiger partial charge >= 0.3 is 0 Å². The third-order valence-electron chi connectivity index (χ3n) is 4.35. The molecule has 1 fully saturated rings. The van der Waals surface area contributed by atoms with Crippen molar-refractivity contribution in [1.29, 1.82) is 0 Å².